The van der Waals surface area contributed by atoms with E-state index >= 15 is 0 Å². The molecule has 0 spiro atoms. The largest absolute Gasteiger partial charge is 0.340 e. The molecule has 1 N–H and O–H groups in total. The Morgan fingerprint density at radius 3 is 3.00 bits per heavy atom. The summed E-state index contributed by atoms with van der Waals surface area (Å²) in [6.07, 6.45) is 5.81. The van der Waals surface area contributed by atoms with Gasteiger partial charge < -0.3 is 10.2 Å². The Morgan fingerprint density at radius 2 is 2.36 bits per heavy atom. The van der Waals surface area contributed by atoms with Gasteiger partial charge in [-0.3, -0.25) is 4.79 Å². The molecule has 0 radical (unpaired) electrons. The molecule has 1 amide bonds. The number of amides is 1. The standard InChI is InChI=1S/C10H20N2OS/c1-11-7-10(13)12-6-4-3-5-9(8-12)14-2/h9,11H,3-8H2,1-2H3. The van der Waals surface area contributed by atoms with Crippen LogP contribution in [0.4, 0.5) is 0 Å². The highest BCUT2D eigenvalue weighted by Crippen LogP contribution is 2.19. The van der Waals surface area contributed by atoms with Gasteiger partial charge in [-0.15, -0.1) is 0 Å². The van der Waals surface area contributed by atoms with Gasteiger partial charge in [0.1, 0.15) is 0 Å². The van der Waals surface area contributed by atoms with Crippen LogP contribution >= 0.6 is 11.8 Å². The molecule has 1 aliphatic heterocycles. The van der Waals surface area contributed by atoms with Gasteiger partial charge in [0.2, 0.25) is 5.91 Å². The minimum Gasteiger partial charge on any atom is -0.340 e. The smallest absolute Gasteiger partial charge is 0.236 e. The van der Waals surface area contributed by atoms with Crippen molar-refractivity contribution in [2.45, 2.75) is 24.5 Å². The number of hydrogen-bond acceptors (Lipinski definition) is 3. The molecule has 4 heteroatoms. The summed E-state index contributed by atoms with van der Waals surface area (Å²) in [5.41, 5.74) is 0. The summed E-state index contributed by atoms with van der Waals surface area (Å²) in [4.78, 5) is 13.7. The van der Waals surface area contributed by atoms with Crippen LogP contribution in [0.3, 0.4) is 0 Å². The SMILES string of the molecule is CNCC(=O)N1CCCCC(SC)C1. The number of thioether (sulfide) groups is 1. The maximum Gasteiger partial charge on any atom is 0.236 e. The van der Waals surface area contributed by atoms with Crippen LogP contribution in [0.15, 0.2) is 0 Å². The van der Waals surface area contributed by atoms with E-state index in [1.54, 1.807) is 0 Å². The average Bonchev–Trinajstić information content (AvgIpc) is 2.43. The second-order valence-corrected chi connectivity index (χ2v) is 4.86. The normalized spacial score (nSPS) is 23.3. The third kappa shape index (κ3) is 3.50. The molecule has 1 rings (SSSR count). The molecule has 14 heavy (non-hydrogen) atoms. The van der Waals surface area contributed by atoms with Gasteiger partial charge in [-0.25, -0.2) is 0 Å². The van der Waals surface area contributed by atoms with Crippen LogP contribution in [0.5, 0.6) is 0 Å². The molecule has 0 bridgehead atoms. The van der Waals surface area contributed by atoms with Gasteiger partial charge in [0.15, 0.2) is 0 Å². The van der Waals surface area contributed by atoms with Crippen molar-refractivity contribution >= 4 is 17.7 Å². The van der Waals surface area contributed by atoms with Crippen molar-refractivity contribution in [1.82, 2.24) is 10.2 Å². The van der Waals surface area contributed by atoms with Gasteiger partial charge in [0.05, 0.1) is 6.54 Å². The van der Waals surface area contributed by atoms with Crippen molar-refractivity contribution in [1.29, 1.82) is 0 Å². The van der Waals surface area contributed by atoms with Crippen molar-refractivity contribution < 1.29 is 4.79 Å². The number of likely N-dealkylation sites (N-methyl/N-ethyl adjacent to an activating group) is 1. The van der Waals surface area contributed by atoms with Crippen LogP contribution in [0, 0.1) is 0 Å². The molecule has 1 saturated heterocycles. The topological polar surface area (TPSA) is 32.3 Å². The Balaban J connectivity index is 2.45. The molecular formula is C10H20N2OS. The zero-order valence-corrected chi connectivity index (χ0v) is 9.90. The van der Waals surface area contributed by atoms with E-state index in [1.807, 2.05) is 23.7 Å². The molecule has 1 unspecified atom stereocenters. The number of hydrogen-bond donors (Lipinski definition) is 1. The van der Waals surface area contributed by atoms with Crippen LogP contribution < -0.4 is 5.32 Å². The lowest BCUT2D eigenvalue weighted by Gasteiger charge is -2.23. The lowest BCUT2D eigenvalue weighted by molar-refractivity contribution is -0.130. The fourth-order valence-corrected chi connectivity index (χ4v) is 2.52. The molecule has 0 aromatic carbocycles. The molecule has 1 atom stereocenters. The van der Waals surface area contributed by atoms with E-state index < -0.39 is 0 Å². The quantitative estimate of drug-likeness (QED) is 0.762. The van der Waals surface area contributed by atoms with Gasteiger partial charge in [0, 0.05) is 18.3 Å². The zero-order chi connectivity index (χ0) is 10.4. The third-order valence-electron chi connectivity index (χ3n) is 2.64. The Morgan fingerprint density at radius 1 is 1.57 bits per heavy atom. The van der Waals surface area contributed by atoms with Crippen LogP contribution in [0.1, 0.15) is 19.3 Å². The Labute approximate surface area is 90.6 Å². The van der Waals surface area contributed by atoms with Crippen molar-refractivity contribution in [2.24, 2.45) is 0 Å². The molecule has 1 fully saturated rings. The second kappa shape index (κ2) is 6.30. The summed E-state index contributed by atoms with van der Waals surface area (Å²) in [6, 6.07) is 0. The number of carbonyl (C=O) groups excluding carboxylic acids is 1. The number of carbonyl (C=O) groups is 1. The van der Waals surface area contributed by atoms with E-state index in [2.05, 4.69) is 11.6 Å². The summed E-state index contributed by atoms with van der Waals surface area (Å²) in [5.74, 6) is 0.244. The van der Waals surface area contributed by atoms with Gasteiger partial charge in [0.25, 0.3) is 0 Å². The molecule has 1 heterocycles. The summed E-state index contributed by atoms with van der Waals surface area (Å²) in [5, 5.41) is 3.56. The first-order valence-electron chi connectivity index (χ1n) is 5.23. The maximum atomic E-state index is 11.7. The molecule has 0 aromatic rings. The molecule has 0 aliphatic carbocycles. The van der Waals surface area contributed by atoms with Gasteiger partial charge in [-0.2, -0.15) is 11.8 Å². The number of nitrogens with zero attached hydrogens (tertiary/aromatic N) is 1. The predicted molar refractivity (Wildman–Crippen MR) is 61.7 cm³/mol. The number of likely N-dealkylation sites (tertiary alicyclic amines) is 1. The van der Waals surface area contributed by atoms with E-state index in [0.717, 1.165) is 19.5 Å². The Hall–Kier alpha value is -0.220. The maximum absolute atomic E-state index is 11.7. The fraction of sp³-hybridized carbons (Fsp3) is 0.900. The second-order valence-electron chi connectivity index (χ2n) is 3.72. The Bertz CT molecular complexity index is 187. The first-order valence-corrected chi connectivity index (χ1v) is 6.52. The van der Waals surface area contributed by atoms with Crippen LogP contribution in [-0.4, -0.2) is 49.0 Å². The van der Waals surface area contributed by atoms with E-state index in [9.17, 15) is 4.79 Å². The summed E-state index contributed by atoms with van der Waals surface area (Å²) in [6.45, 7) is 2.35. The minimum atomic E-state index is 0.244. The predicted octanol–water partition coefficient (Wildman–Crippen LogP) is 0.950. The lowest BCUT2D eigenvalue weighted by Crippen LogP contribution is -2.40. The molecular weight excluding hydrogens is 196 g/mol. The number of nitrogens with one attached hydrogen (secondary N) is 1. The molecule has 0 aromatic heterocycles. The van der Waals surface area contributed by atoms with Crippen molar-refractivity contribution in [3.8, 4) is 0 Å². The van der Waals surface area contributed by atoms with Crippen molar-refractivity contribution in [3.63, 3.8) is 0 Å². The minimum absolute atomic E-state index is 0.244. The lowest BCUT2D eigenvalue weighted by atomic mass is 10.2. The Kier molecular flexibility index (Phi) is 5.33. The summed E-state index contributed by atoms with van der Waals surface area (Å²) >= 11 is 1.88. The van der Waals surface area contributed by atoms with E-state index in [1.165, 1.54) is 12.8 Å². The van der Waals surface area contributed by atoms with E-state index in [-0.39, 0.29) is 5.91 Å². The van der Waals surface area contributed by atoms with Crippen molar-refractivity contribution in [2.75, 3.05) is 32.9 Å². The van der Waals surface area contributed by atoms with Crippen LogP contribution in [0.25, 0.3) is 0 Å². The first-order chi connectivity index (χ1) is 6.77. The molecule has 0 saturated carbocycles. The molecule has 82 valence electrons. The molecule has 3 nitrogen and oxygen atoms in total. The van der Waals surface area contributed by atoms with Gasteiger partial charge >= 0.3 is 0 Å². The zero-order valence-electron chi connectivity index (χ0n) is 9.08. The fourth-order valence-electron chi connectivity index (χ4n) is 1.78. The van der Waals surface area contributed by atoms with Crippen LogP contribution in [-0.2, 0) is 4.79 Å². The molecule has 1 aliphatic rings. The highest BCUT2D eigenvalue weighted by atomic mass is 32.2. The average molecular weight is 216 g/mol. The monoisotopic (exact) mass is 216 g/mol. The van der Waals surface area contributed by atoms with Crippen molar-refractivity contribution in [3.05, 3.63) is 0 Å². The van der Waals surface area contributed by atoms with Gasteiger partial charge in [-0.05, 0) is 26.1 Å². The summed E-state index contributed by atoms with van der Waals surface area (Å²) < 4.78 is 0. The van der Waals surface area contributed by atoms with E-state index in [4.69, 9.17) is 0 Å². The van der Waals surface area contributed by atoms with E-state index in [0.29, 0.717) is 11.8 Å². The highest BCUT2D eigenvalue weighted by molar-refractivity contribution is 7.99. The van der Waals surface area contributed by atoms with Gasteiger partial charge in [-0.1, -0.05) is 6.42 Å². The number of rotatable bonds is 3. The summed E-state index contributed by atoms with van der Waals surface area (Å²) in [7, 11) is 1.82. The highest BCUT2D eigenvalue weighted by Gasteiger charge is 2.20. The first kappa shape index (κ1) is 11.9. The third-order valence-corrected chi connectivity index (χ3v) is 3.69. The van der Waals surface area contributed by atoms with Crippen LogP contribution in [0.2, 0.25) is 0 Å².